The molecule has 1 saturated heterocycles. The van der Waals surface area contributed by atoms with Crippen molar-refractivity contribution in [3.05, 3.63) is 48.6 Å². The first-order chi connectivity index (χ1) is 13.3. The number of nitrogens with one attached hydrogen (secondary N) is 1. The zero-order chi connectivity index (χ0) is 20.0. The number of urea groups is 1. The standard InChI is InChI=1S/C18H10I2N2O6/c19-11-4-8(5-12(20)15(11)23)3-10-16(24)21-18(26)22(17(10)25)9-1-2-13-14(6-9)28-7-27-13/h1-6,23H,7H2,(H,21,24,26)/b10-3+. The lowest BCUT2D eigenvalue weighted by atomic mass is 10.1. The van der Waals surface area contributed by atoms with Crippen LogP contribution < -0.4 is 19.7 Å². The van der Waals surface area contributed by atoms with Crippen LogP contribution in [0.4, 0.5) is 10.5 Å². The molecule has 2 aliphatic rings. The van der Waals surface area contributed by atoms with Gasteiger partial charge in [-0.05, 0) is 81.1 Å². The van der Waals surface area contributed by atoms with Crippen LogP contribution in [0, 0.1) is 7.14 Å². The Kier molecular flexibility index (Phi) is 4.91. The number of anilines is 1. The quantitative estimate of drug-likeness (QED) is 0.311. The van der Waals surface area contributed by atoms with E-state index in [0.717, 1.165) is 4.90 Å². The third-order valence-electron chi connectivity index (χ3n) is 4.07. The molecular formula is C18H10I2N2O6. The lowest BCUT2D eigenvalue weighted by molar-refractivity contribution is -0.122. The first-order valence-corrected chi connectivity index (χ1v) is 10.00. The molecule has 142 valence electrons. The molecule has 2 heterocycles. The van der Waals surface area contributed by atoms with Crippen LogP contribution in [0.15, 0.2) is 35.9 Å². The Morgan fingerprint density at radius 3 is 2.43 bits per heavy atom. The van der Waals surface area contributed by atoms with E-state index in [1.807, 2.05) is 45.2 Å². The van der Waals surface area contributed by atoms with E-state index in [-0.39, 0.29) is 23.8 Å². The maximum atomic E-state index is 12.9. The molecule has 0 aliphatic carbocycles. The second-order valence-corrected chi connectivity index (χ2v) is 8.15. The second kappa shape index (κ2) is 7.24. The highest BCUT2D eigenvalue weighted by atomic mass is 127. The van der Waals surface area contributed by atoms with Gasteiger partial charge in [0.25, 0.3) is 11.8 Å². The van der Waals surface area contributed by atoms with Crippen LogP contribution in [-0.4, -0.2) is 29.7 Å². The molecule has 1 fully saturated rings. The number of nitrogens with zero attached hydrogens (tertiary/aromatic N) is 1. The summed E-state index contributed by atoms with van der Waals surface area (Å²) < 4.78 is 11.7. The van der Waals surface area contributed by atoms with Crippen molar-refractivity contribution in [2.45, 2.75) is 0 Å². The van der Waals surface area contributed by atoms with Gasteiger partial charge in [0, 0.05) is 6.07 Å². The number of carbonyl (C=O) groups is 3. The summed E-state index contributed by atoms with van der Waals surface area (Å²) in [5.41, 5.74) is 0.597. The van der Waals surface area contributed by atoms with Gasteiger partial charge >= 0.3 is 6.03 Å². The third kappa shape index (κ3) is 3.30. The summed E-state index contributed by atoms with van der Waals surface area (Å²) in [4.78, 5) is 38.4. The minimum atomic E-state index is -0.846. The van der Waals surface area contributed by atoms with E-state index in [0.29, 0.717) is 24.2 Å². The Morgan fingerprint density at radius 2 is 1.71 bits per heavy atom. The highest BCUT2D eigenvalue weighted by molar-refractivity contribution is 14.1. The van der Waals surface area contributed by atoms with E-state index in [2.05, 4.69) is 5.32 Å². The molecule has 0 saturated carbocycles. The zero-order valence-electron chi connectivity index (χ0n) is 13.9. The SMILES string of the molecule is O=C1NC(=O)N(c2ccc3c(c2)OCO3)C(=O)/C1=C/c1cc(I)c(O)c(I)c1. The molecule has 2 aliphatic heterocycles. The summed E-state index contributed by atoms with van der Waals surface area (Å²) in [6, 6.07) is 7.04. The topological polar surface area (TPSA) is 105 Å². The summed E-state index contributed by atoms with van der Waals surface area (Å²) in [5, 5.41) is 12.1. The molecule has 4 rings (SSSR count). The summed E-state index contributed by atoms with van der Waals surface area (Å²) >= 11 is 3.91. The van der Waals surface area contributed by atoms with Crippen LogP contribution in [-0.2, 0) is 9.59 Å². The Balaban J connectivity index is 1.74. The monoisotopic (exact) mass is 604 g/mol. The fourth-order valence-corrected chi connectivity index (χ4v) is 4.57. The highest BCUT2D eigenvalue weighted by Crippen LogP contribution is 2.36. The van der Waals surface area contributed by atoms with Gasteiger partial charge in [0.2, 0.25) is 6.79 Å². The number of barbiturate groups is 1. The van der Waals surface area contributed by atoms with Crippen molar-refractivity contribution in [2.75, 3.05) is 11.7 Å². The summed E-state index contributed by atoms with van der Waals surface area (Å²) in [7, 11) is 0. The van der Waals surface area contributed by atoms with Crippen molar-refractivity contribution >= 4 is 74.8 Å². The molecule has 10 heteroatoms. The predicted molar refractivity (Wildman–Crippen MR) is 115 cm³/mol. The number of fused-ring (bicyclic) bond motifs is 1. The fourth-order valence-electron chi connectivity index (χ4n) is 2.75. The number of hydrogen-bond donors (Lipinski definition) is 2. The highest BCUT2D eigenvalue weighted by Gasteiger charge is 2.37. The Labute approximate surface area is 185 Å². The number of carbonyl (C=O) groups excluding carboxylic acids is 3. The number of amides is 4. The number of imide groups is 2. The van der Waals surface area contributed by atoms with Gasteiger partial charge in [-0.25, -0.2) is 9.69 Å². The largest absolute Gasteiger partial charge is 0.506 e. The number of rotatable bonds is 2. The van der Waals surface area contributed by atoms with Crippen molar-refractivity contribution in [1.82, 2.24) is 5.32 Å². The zero-order valence-corrected chi connectivity index (χ0v) is 18.2. The van der Waals surface area contributed by atoms with Crippen molar-refractivity contribution in [2.24, 2.45) is 0 Å². The Morgan fingerprint density at radius 1 is 1.04 bits per heavy atom. The van der Waals surface area contributed by atoms with Crippen molar-refractivity contribution < 1.29 is 29.0 Å². The van der Waals surface area contributed by atoms with Crippen molar-refractivity contribution in [3.63, 3.8) is 0 Å². The van der Waals surface area contributed by atoms with Crippen LogP contribution in [0.3, 0.4) is 0 Å². The fraction of sp³-hybridized carbons (Fsp3) is 0.0556. The summed E-state index contributed by atoms with van der Waals surface area (Å²) in [6.45, 7) is 0.0562. The second-order valence-electron chi connectivity index (χ2n) is 5.83. The number of phenolic OH excluding ortho intramolecular Hbond substituents is 1. The molecule has 2 aromatic carbocycles. The molecule has 0 bridgehead atoms. The van der Waals surface area contributed by atoms with Gasteiger partial charge in [-0.15, -0.1) is 0 Å². The molecule has 0 spiro atoms. The molecule has 0 unspecified atom stereocenters. The first kappa shape index (κ1) is 19.0. The van der Waals surface area contributed by atoms with Gasteiger partial charge in [0.15, 0.2) is 11.5 Å². The van der Waals surface area contributed by atoms with Gasteiger partial charge in [0.05, 0.1) is 12.8 Å². The van der Waals surface area contributed by atoms with Crippen LogP contribution in [0.25, 0.3) is 6.08 Å². The van der Waals surface area contributed by atoms with E-state index in [9.17, 15) is 19.5 Å². The van der Waals surface area contributed by atoms with Crippen LogP contribution in [0.1, 0.15) is 5.56 Å². The van der Waals surface area contributed by atoms with Crippen molar-refractivity contribution in [3.8, 4) is 17.2 Å². The number of ether oxygens (including phenoxy) is 2. The number of phenols is 1. The van der Waals surface area contributed by atoms with Crippen LogP contribution >= 0.6 is 45.2 Å². The van der Waals surface area contributed by atoms with Gasteiger partial charge in [0.1, 0.15) is 11.3 Å². The summed E-state index contributed by atoms with van der Waals surface area (Å²) in [6.07, 6.45) is 1.38. The predicted octanol–water partition coefficient (Wildman–Crippen LogP) is 3.00. The average Bonchev–Trinajstić information content (AvgIpc) is 3.11. The van der Waals surface area contributed by atoms with Gasteiger partial charge < -0.3 is 14.6 Å². The van der Waals surface area contributed by atoms with E-state index in [4.69, 9.17) is 9.47 Å². The lowest BCUT2D eigenvalue weighted by Gasteiger charge is -2.26. The number of benzene rings is 2. The molecule has 0 radical (unpaired) electrons. The minimum Gasteiger partial charge on any atom is -0.506 e. The average molecular weight is 604 g/mol. The summed E-state index contributed by atoms with van der Waals surface area (Å²) in [5.74, 6) is -0.507. The first-order valence-electron chi connectivity index (χ1n) is 7.84. The van der Waals surface area contributed by atoms with E-state index >= 15 is 0 Å². The maximum absolute atomic E-state index is 12.9. The van der Waals surface area contributed by atoms with Crippen molar-refractivity contribution in [1.29, 1.82) is 0 Å². The molecule has 2 aromatic rings. The maximum Gasteiger partial charge on any atom is 0.335 e. The van der Waals surface area contributed by atoms with Gasteiger partial charge in [-0.2, -0.15) is 0 Å². The molecule has 0 aromatic heterocycles. The molecular weight excluding hydrogens is 594 g/mol. The molecule has 28 heavy (non-hydrogen) atoms. The Hall–Kier alpha value is -2.35. The molecule has 8 nitrogen and oxygen atoms in total. The minimum absolute atomic E-state index is 0.0562. The lowest BCUT2D eigenvalue weighted by Crippen LogP contribution is -2.54. The van der Waals surface area contributed by atoms with E-state index in [1.165, 1.54) is 18.2 Å². The van der Waals surface area contributed by atoms with Crippen LogP contribution in [0.5, 0.6) is 17.2 Å². The molecule has 2 N–H and O–H groups in total. The number of halogens is 2. The Bertz CT molecular complexity index is 1060. The normalized spacial score (nSPS) is 17.3. The van der Waals surface area contributed by atoms with Crippen LogP contribution in [0.2, 0.25) is 0 Å². The number of aromatic hydroxyl groups is 1. The number of hydrogen-bond acceptors (Lipinski definition) is 6. The van der Waals surface area contributed by atoms with E-state index in [1.54, 1.807) is 18.2 Å². The molecule has 4 amide bonds. The smallest absolute Gasteiger partial charge is 0.335 e. The van der Waals surface area contributed by atoms with Gasteiger partial charge in [-0.3, -0.25) is 14.9 Å². The van der Waals surface area contributed by atoms with E-state index < -0.39 is 17.8 Å². The third-order valence-corrected chi connectivity index (χ3v) is 5.71. The molecule has 0 atom stereocenters. The van der Waals surface area contributed by atoms with Gasteiger partial charge in [-0.1, -0.05) is 0 Å².